The van der Waals surface area contributed by atoms with E-state index in [0.29, 0.717) is 18.7 Å². The summed E-state index contributed by atoms with van der Waals surface area (Å²) in [6.07, 6.45) is 2.44. The Hall–Kier alpha value is -2.95. The predicted molar refractivity (Wildman–Crippen MR) is 88.6 cm³/mol. The van der Waals surface area contributed by atoms with Gasteiger partial charge in [0.15, 0.2) is 0 Å². The molecule has 2 aromatic heterocycles. The van der Waals surface area contributed by atoms with E-state index >= 15 is 0 Å². The van der Waals surface area contributed by atoms with Crippen LogP contribution in [0.15, 0.2) is 54.7 Å². The molecule has 3 rings (SSSR count). The van der Waals surface area contributed by atoms with Crippen molar-refractivity contribution in [1.29, 1.82) is 0 Å². The van der Waals surface area contributed by atoms with E-state index in [1.54, 1.807) is 19.4 Å². The van der Waals surface area contributed by atoms with Gasteiger partial charge in [0, 0.05) is 30.2 Å². The number of ether oxygens (including phenoxy) is 1. The van der Waals surface area contributed by atoms with E-state index in [4.69, 9.17) is 4.74 Å². The Kier molecular flexibility index (Phi) is 4.47. The zero-order valence-corrected chi connectivity index (χ0v) is 12.8. The Balaban J connectivity index is 1.66. The van der Waals surface area contributed by atoms with Crippen LogP contribution >= 0.6 is 0 Å². The van der Waals surface area contributed by atoms with E-state index < -0.39 is 0 Å². The molecule has 0 unspecified atom stereocenters. The maximum Gasteiger partial charge on any atom is 0.269 e. The topological polar surface area (TPSA) is 64.1 Å². The van der Waals surface area contributed by atoms with Crippen molar-refractivity contribution in [2.75, 3.05) is 13.7 Å². The Bertz CT molecular complexity index is 819. The molecule has 0 aliphatic heterocycles. The van der Waals surface area contributed by atoms with Crippen LogP contribution in [0, 0.1) is 0 Å². The summed E-state index contributed by atoms with van der Waals surface area (Å²) >= 11 is 0. The minimum atomic E-state index is -0.182. The van der Waals surface area contributed by atoms with E-state index in [9.17, 15) is 4.79 Å². The van der Waals surface area contributed by atoms with Gasteiger partial charge in [0.2, 0.25) is 0 Å². The van der Waals surface area contributed by atoms with Gasteiger partial charge in [0.1, 0.15) is 11.4 Å². The largest absolute Gasteiger partial charge is 0.497 e. The van der Waals surface area contributed by atoms with Crippen LogP contribution in [0.3, 0.4) is 0 Å². The fraction of sp³-hybridized carbons (Fsp3) is 0.167. The van der Waals surface area contributed by atoms with Gasteiger partial charge >= 0.3 is 0 Å². The first kappa shape index (κ1) is 15.0. The van der Waals surface area contributed by atoms with Crippen molar-refractivity contribution in [1.82, 2.24) is 15.3 Å². The highest BCUT2D eigenvalue weighted by atomic mass is 16.5. The van der Waals surface area contributed by atoms with Crippen molar-refractivity contribution < 1.29 is 9.53 Å². The van der Waals surface area contributed by atoms with Crippen LogP contribution in [0.25, 0.3) is 10.9 Å². The summed E-state index contributed by atoms with van der Waals surface area (Å²) in [5.41, 5.74) is 2.12. The molecule has 0 radical (unpaired) electrons. The zero-order chi connectivity index (χ0) is 16.1. The van der Waals surface area contributed by atoms with Gasteiger partial charge in [-0.05, 0) is 36.4 Å². The van der Waals surface area contributed by atoms with E-state index in [-0.39, 0.29) is 5.91 Å². The molecule has 2 heterocycles. The number of benzene rings is 1. The number of hydrogen-bond acceptors (Lipinski definition) is 4. The normalized spacial score (nSPS) is 10.5. The highest BCUT2D eigenvalue weighted by Crippen LogP contribution is 2.19. The van der Waals surface area contributed by atoms with E-state index in [1.165, 1.54) is 0 Å². The van der Waals surface area contributed by atoms with Crippen LogP contribution < -0.4 is 10.1 Å². The zero-order valence-electron chi connectivity index (χ0n) is 12.8. The summed E-state index contributed by atoms with van der Waals surface area (Å²) in [7, 11) is 1.62. The fourth-order valence-electron chi connectivity index (χ4n) is 2.30. The molecular weight excluding hydrogens is 290 g/mol. The highest BCUT2D eigenvalue weighted by Gasteiger charge is 2.08. The van der Waals surface area contributed by atoms with Crippen LogP contribution in [0.5, 0.6) is 5.75 Å². The molecule has 1 amide bonds. The summed E-state index contributed by atoms with van der Waals surface area (Å²) in [4.78, 5) is 20.8. The van der Waals surface area contributed by atoms with Gasteiger partial charge in [-0.1, -0.05) is 12.1 Å². The van der Waals surface area contributed by atoms with Crippen molar-refractivity contribution >= 4 is 16.8 Å². The number of aromatic nitrogens is 2. The van der Waals surface area contributed by atoms with E-state index in [2.05, 4.69) is 15.3 Å². The van der Waals surface area contributed by atoms with Gasteiger partial charge in [0.25, 0.3) is 5.91 Å². The minimum Gasteiger partial charge on any atom is -0.497 e. The average Bonchev–Trinajstić information content (AvgIpc) is 2.61. The molecule has 23 heavy (non-hydrogen) atoms. The third kappa shape index (κ3) is 3.63. The monoisotopic (exact) mass is 307 g/mol. The maximum absolute atomic E-state index is 12.2. The molecule has 116 valence electrons. The van der Waals surface area contributed by atoms with Gasteiger partial charge in [-0.3, -0.25) is 9.78 Å². The van der Waals surface area contributed by atoms with Crippen molar-refractivity contribution in [3.05, 3.63) is 66.1 Å². The summed E-state index contributed by atoms with van der Waals surface area (Å²) < 4.78 is 5.18. The molecule has 5 nitrogen and oxygen atoms in total. The first-order chi connectivity index (χ1) is 11.3. The van der Waals surface area contributed by atoms with Crippen molar-refractivity contribution in [2.45, 2.75) is 6.42 Å². The van der Waals surface area contributed by atoms with Gasteiger partial charge in [-0.15, -0.1) is 0 Å². The molecule has 0 spiro atoms. The van der Waals surface area contributed by atoms with Crippen LogP contribution in [0.4, 0.5) is 0 Å². The number of nitrogens with one attached hydrogen (secondary N) is 1. The summed E-state index contributed by atoms with van der Waals surface area (Å²) in [6.45, 7) is 0.526. The quantitative estimate of drug-likeness (QED) is 0.787. The Morgan fingerprint density at radius 3 is 2.87 bits per heavy atom. The second-order valence-corrected chi connectivity index (χ2v) is 5.08. The number of rotatable bonds is 5. The molecule has 1 N–H and O–H groups in total. The Labute approximate surface area is 134 Å². The average molecular weight is 307 g/mol. The van der Waals surface area contributed by atoms with Crippen LogP contribution in [-0.4, -0.2) is 29.5 Å². The summed E-state index contributed by atoms with van der Waals surface area (Å²) in [5.74, 6) is 0.588. The lowest BCUT2D eigenvalue weighted by Gasteiger charge is -2.06. The van der Waals surface area contributed by atoms with Crippen molar-refractivity contribution in [3.8, 4) is 5.75 Å². The predicted octanol–water partition coefficient (Wildman–Crippen LogP) is 2.61. The molecule has 0 atom stereocenters. The first-order valence-corrected chi connectivity index (χ1v) is 7.39. The Morgan fingerprint density at radius 1 is 1.17 bits per heavy atom. The van der Waals surface area contributed by atoms with E-state index in [0.717, 1.165) is 22.3 Å². The third-order valence-electron chi connectivity index (χ3n) is 3.52. The maximum atomic E-state index is 12.2. The molecule has 0 bridgehead atoms. The number of hydrogen-bond donors (Lipinski definition) is 1. The number of carbonyl (C=O) groups excluding carboxylic acids is 1. The van der Waals surface area contributed by atoms with Gasteiger partial charge in [-0.25, -0.2) is 4.98 Å². The molecule has 1 aromatic carbocycles. The number of nitrogens with zero attached hydrogens (tertiary/aromatic N) is 2. The number of methoxy groups -OCH3 is 1. The molecule has 0 saturated carbocycles. The number of fused-ring (bicyclic) bond motifs is 1. The van der Waals surface area contributed by atoms with Gasteiger partial charge in [0.05, 0.1) is 12.6 Å². The Morgan fingerprint density at radius 2 is 2.09 bits per heavy atom. The smallest absolute Gasteiger partial charge is 0.269 e. The number of pyridine rings is 2. The standard InChI is InChI=1S/C18H17N3O2/c1-23-15-6-8-16-13(12-15)5-7-17(21-16)18(22)20-11-9-14-4-2-3-10-19-14/h2-8,10,12H,9,11H2,1H3,(H,20,22). The summed E-state index contributed by atoms with van der Waals surface area (Å²) in [5, 5.41) is 3.81. The minimum absolute atomic E-state index is 0.182. The van der Waals surface area contributed by atoms with Crippen molar-refractivity contribution in [2.24, 2.45) is 0 Å². The summed E-state index contributed by atoms with van der Waals surface area (Å²) in [6, 6.07) is 14.9. The van der Waals surface area contributed by atoms with E-state index in [1.807, 2.05) is 42.5 Å². The molecule has 5 heteroatoms. The molecule has 0 aliphatic carbocycles. The lowest BCUT2D eigenvalue weighted by Crippen LogP contribution is -2.26. The van der Waals surface area contributed by atoms with Gasteiger partial charge in [-0.2, -0.15) is 0 Å². The molecule has 0 aliphatic rings. The molecular formula is C18H17N3O2. The first-order valence-electron chi connectivity index (χ1n) is 7.39. The highest BCUT2D eigenvalue weighted by molar-refractivity contribution is 5.95. The van der Waals surface area contributed by atoms with Crippen LogP contribution in [0.1, 0.15) is 16.2 Å². The van der Waals surface area contributed by atoms with Crippen molar-refractivity contribution in [3.63, 3.8) is 0 Å². The van der Waals surface area contributed by atoms with Crippen LogP contribution in [0.2, 0.25) is 0 Å². The lowest BCUT2D eigenvalue weighted by molar-refractivity contribution is 0.0949. The fourth-order valence-corrected chi connectivity index (χ4v) is 2.30. The molecule has 3 aromatic rings. The number of amides is 1. The third-order valence-corrected chi connectivity index (χ3v) is 3.52. The lowest BCUT2D eigenvalue weighted by atomic mass is 10.2. The molecule has 0 fully saturated rings. The second kappa shape index (κ2) is 6.87. The SMILES string of the molecule is COc1ccc2nc(C(=O)NCCc3ccccn3)ccc2c1. The number of carbonyl (C=O) groups is 1. The van der Waals surface area contributed by atoms with Crippen LogP contribution in [-0.2, 0) is 6.42 Å². The van der Waals surface area contributed by atoms with Gasteiger partial charge < -0.3 is 10.1 Å². The molecule has 0 saturated heterocycles. The second-order valence-electron chi connectivity index (χ2n) is 5.08.